The lowest BCUT2D eigenvalue weighted by molar-refractivity contribution is -0.385. The number of non-ortho nitro benzene ring substituents is 1. The van der Waals surface area contributed by atoms with Crippen LogP contribution >= 0.6 is 15.9 Å². The molecule has 0 amide bonds. The number of nitro benzene ring substituents is 1. The summed E-state index contributed by atoms with van der Waals surface area (Å²) in [6.45, 7) is 0. The molecule has 6 nitrogen and oxygen atoms in total. The summed E-state index contributed by atoms with van der Waals surface area (Å²) in [6.07, 6.45) is 5.18. The molecular formula is C20H19BrN2O4. The number of ether oxygens (including phenoxy) is 2. The van der Waals surface area contributed by atoms with Gasteiger partial charge in [0, 0.05) is 22.0 Å². The van der Waals surface area contributed by atoms with Crippen molar-refractivity contribution in [1.29, 1.82) is 0 Å². The maximum atomic E-state index is 11.3. The van der Waals surface area contributed by atoms with Crippen molar-refractivity contribution >= 4 is 27.3 Å². The van der Waals surface area contributed by atoms with Crippen LogP contribution in [0.5, 0.6) is 11.5 Å². The first-order valence-electron chi connectivity index (χ1n) is 8.66. The number of hydrogen-bond acceptors (Lipinski definition) is 5. The first-order valence-corrected chi connectivity index (χ1v) is 9.45. The Hall–Kier alpha value is -2.54. The van der Waals surface area contributed by atoms with Crippen LogP contribution in [0.2, 0.25) is 0 Å². The monoisotopic (exact) mass is 430 g/mol. The number of halogens is 1. The van der Waals surface area contributed by atoms with Crippen molar-refractivity contribution in [1.82, 2.24) is 0 Å². The number of nitrogens with zero attached hydrogens (tertiary/aromatic N) is 1. The Morgan fingerprint density at radius 1 is 1.15 bits per heavy atom. The summed E-state index contributed by atoms with van der Waals surface area (Å²) < 4.78 is 12.1. The van der Waals surface area contributed by atoms with Gasteiger partial charge in [-0.05, 0) is 36.1 Å². The van der Waals surface area contributed by atoms with E-state index in [1.807, 2.05) is 12.1 Å². The molecule has 0 unspecified atom stereocenters. The normalized spacial score (nSPS) is 22.6. The van der Waals surface area contributed by atoms with Crippen molar-refractivity contribution in [3.8, 4) is 11.5 Å². The van der Waals surface area contributed by atoms with Crippen molar-refractivity contribution in [2.45, 2.75) is 18.4 Å². The average Bonchev–Trinajstić information content (AvgIpc) is 3.16. The second-order valence-electron chi connectivity index (χ2n) is 6.73. The van der Waals surface area contributed by atoms with Gasteiger partial charge in [0.05, 0.1) is 36.9 Å². The largest absolute Gasteiger partial charge is 0.496 e. The summed E-state index contributed by atoms with van der Waals surface area (Å²) in [4.78, 5) is 11.0. The molecule has 7 heteroatoms. The van der Waals surface area contributed by atoms with Crippen LogP contribution in [0.15, 0.2) is 47.0 Å². The fourth-order valence-electron chi connectivity index (χ4n) is 4.17. The van der Waals surface area contributed by atoms with Crippen molar-refractivity contribution in [3.05, 3.63) is 68.2 Å². The summed E-state index contributed by atoms with van der Waals surface area (Å²) in [5, 5.41) is 14.9. The van der Waals surface area contributed by atoms with E-state index in [4.69, 9.17) is 9.47 Å². The Labute approximate surface area is 165 Å². The van der Waals surface area contributed by atoms with Gasteiger partial charge < -0.3 is 14.8 Å². The summed E-state index contributed by atoms with van der Waals surface area (Å²) in [5.74, 6) is 1.62. The van der Waals surface area contributed by atoms with E-state index in [0.29, 0.717) is 5.75 Å². The molecule has 140 valence electrons. The van der Waals surface area contributed by atoms with Crippen molar-refractivity contribution in [3.63, 3.8) is 0 Å². The first kappa shape index (κ1) is 17.9. The predicted octanol–water partition coefficient (Wildman–Crippen LogP) is 5.20. The fraction of sp³-hybridized carbons (Fsp3) is 0.300. The van der Waals surface area contributed by atoms with Crippen molar-refractivity contribution < 1.29 is 14.4 Å². The summed E-state index contributed by atoms with van der Waals surface area (Å²) in [5.41, 5.74) is 2.81. The lowest BCUT2D eigenvalue weighted by Gasteiger charge is -2.38. The molecule has 1 aliphatic heterocycles. The van der Waals surface area contributed by atoms with E-state index in [9.17, 15) is 10.1 Å². The molecule has 0 saturated heterocycles. The lowest BCUT2D eigenvalue weighted by atomic mass is 9.76. The van der Waals surface area contributed by atoms with E-state index in [1.54, 1.807) is 13.2 Å². The molecule has 0 radical (unpaired) electrons. The third kappa shape index (κ3) is 2.96. The molecule has 1 N–H and O–H groups in total. The van der Waals surface area contributed by atoms with Crippen LogP contribution in [-0.2, 0) is 0 Å². The maximum Gasteiger partial charge on any atom is 0.273 e. The van der Waals surface area contributed by atoms with Crippen LogP contribution in [0.4, 0.5) is 11.4 Å². The van der Waals surface area contributed by atoms with Crippen molar-refractivity contribution in [2.75, 3.05) is 19.5 Å². The van der Waals surface area contributed by atoms with Gasteiger partial charge in [0.25, 0.3) is 5.69 Å². The van der Waals surface area contributed by atoms with Crippen LogP contribution in [0.1, 0.15) is 29.5 Å². The van der Waals surface area contributed by atoms with Gasteiger partial charge in [-0.3, -0.25) is 10.1 Å². The summed E-state index contributed by atoms with van der Waals surface area (Å²) in [7, 11) is 3.20. The molecule has 0 aromatic heterocycles. The zero-order chi connectivity index (χ0) is 19.1. The third-order valence-corrected chi connectivity index (χ3v) is 5.87. The van der Waals surface area contributed by atoms with Gasteiger partial charge in [-0.15, -0.1) is 0 Å². The van der Waals surface area contributed by atoms with Crippen LogP contribution in [-0.4, -0.2) is 19.1 Å². The highest BCUT2D eigenvalue weighted by Crippen LogP contribution is 2.54. The Bertz CT molecular complexity index is 944. The van der Waals surface area contributed by atoms with Gasteiger partial charge in [-0.25, -0.2) is 0 Å². The number of anilines is 1. The minimum Gasteiger partial charge on any atom is -0.496 e. The molecule has 27 heavy (non-hydrogen) atoms. The van der Waals surface area contributed by atoms with Gasteiger partial charge in [0.1, 0.15) is 11.5 Å². The average molecular weight is 431 g/mol. The van der Waals surface area contributed by atoms with E-state index in [0.717, 1.165) is 33.5 Å². The molecule has 1 heterocycles. The Kier molecular flexibility index (Phi) is 4.55. The standard InChI is InChI=1S/C20H19BrN2O4/c1-26-17-7-6-11(21)8-16(17)19-14-5-3-4-13(14)15-9-12(23(24)25)10-18(27-2)20(15)22-19/h3-4,6-10,13-14,19,22H,5H2,1-2H3/t13-,14+,19+/m1/s1. The highest BCUT2D eigenvalue weighted by molar-refractivity contribution is 9.10. The zero-order valence-electron chi connectivity index (χ0n) is 14.9. The van der Waals surface area contributed by atoms with Gasteiger partial charge in [0.15, 0.2) is 0 Å². The van der Waals surface area contributed by atoms with E-state index in [-0.39, 0.29) is 28.5 Å². The fourth-order valence-corrected chi connectivity index (χ4v) is 4.55. The van der Waals surface area contributed by atoms with E-state index in [1.165, 1.54) is 13.2 Å². The predicted molar refractivity (Wildman–Crippen MR) is 107 cm³/mol. The quantitative estimate of drug-likeness (QED) is 0.409. The minimum absolute atomic E-state index is 0.000283. The van der Waals surface area contributed by atoms with Crippen LogP contribution in [0.3, 0.4) is 0 Å². The Morgan fingerprint density at radius 3 is 2.63 bits per heavy atom. The van der Waals surface area contributed by atoms with Gasteiger partial charge in [-0.2, -0.15) is 0 Å². The second-order valence-corrected chi connectivity index (χ2v) is 7.65. The minimum atomic E-state index is -0.375. The molecule has 3 atom stereocenters. The molecule has 2 aromatic rings. The number of benzene rings is 2. The number of methoxy groups -OCH3 is 2. The number of allylic oxidation sites excluding steroid dienone is 2. The highest BCUT2D eigenvalue weighted by Gasteiger charge is 2.41. The van der Waals surface area contributed by atoms with Crippen molar-refractivity contribution in [2.24, 2.45) is 5.92 Å². The molecule has 2 aromatic carbocycles. The first-order chi connectivity index (χ1) is 13.0. The molecular weight excluding hydrogens is 412 g/mol. The molecule has 1 aliphatic carbocycles. The molecule has 4 rings (SSSR count). The number of nitrogens with one attached hydrogen (secondary N) is 1. The van der Waals surface area contributed by atoms with E-state index < -0.39 is 0 Å². The summed E-state index contributed by atoms with van der Waals surface area (Å²) in [6, 6.07) is 9.09. The van der Waals surface area contributed by atoms with Gasteiger partial charge in [0.2, 0.25) is 0 Å². The highest BCUT2D eigenvalue weighted by atomic mass is 79.9. The maximum absolute atomic E-state index is 11.3. The number of rotatable bonds is 4. The molecule has 0 saturated carbocycles. The van der Waals surface area contributed by atoms with Crippen LogP contribution in [0, 0.1) is 16.0 Å². The van der Waals surface area contributed by atoms with Gasteiger partial charge in [-0.1, -0.05) is 28.1 Å². The molecule has 0 spiro atoms. The Morgan fingerprint density at radius 2 is 1.93 bits per heavy atom. The Balaban J connectivity index is 1.87. The van der Waals surface area contributed by atoms with Crippen LogP contribution < -0.4 is 14.8 Å². The second kappa shape index (κ2) is 6.88. The topological polar surface area (TPSA) is 73.6 Å². The van der Waals surface area contributed by atoms with E-state index in [2.05, 4.69) is 39.5 Å². The van der Waals surface area contributed by atoms with E-state index >= 15 is 0 Å². The zero-order valence-corrected chi connectivity index (χ0v) is 16.5. The summed E-state index contributed by atoms with van der Waals surface area (Å²) >= 11 is 3.55. The van der Waals surface area contributed by atoms with Gasteiger partial charge >= 0.3 is 0 Å². The molecule has 2 aliphatic rings. The molecule has 0 bridgehead atoms. The number of hydrogen-bond donors (Lipinski definition) is 1. The molecule has 0 fully saturated rings. The third-order valence-electron chi connectivity index (χ3n) is 5.38. The SMILES string of the molecule is COc1ccc(Br)cc1[C@H]1Nc2c(OC)cc([N+](=O)[O-])cc2[C@@H]2C=CC[C@H]12. The number of nitro groups is 1. The van der Waals surface area contributed by atoms with Crippen LogP contribution in [0.25, 0.3) is 0 Å². The number of fused-ring (bicyclic) bond motifs is 3. The smallest absolute Gasteiger partial charge is 0.273 e. The lowest BCUT2D eigenvalue weighted by Crippen LogP contribution is -2.29.